The van der Waals surface area contributed by atoms with Crippen LogP contribution in [-0.4, -0.2) is 40.8 Å². The van der Waals surface area contributed by atoms with E-state index in [4.69, 9.17) is 4.74 Å². The highest BCUT2D eigenvalue weighted by atomic mass is 16.6. The lowest BCUT2D eigenvalue weighted by Gasteiger charge is -2.22. The highest BCUT2D eigenvalue weighted by Gasteiger charge is 2.27. The van der Waals surface area contributed by atoms with Crippen LogP contribution in [0, 0.1) is 0 Å². The number of fused-ring (bicyclic) bond motifs is 1. The van der Waals surface area contributed by atoms with Crippen LogP contribution >= 0.6 is 0 Å². The summed E-state index contributed by atoms with van der Waals surface area (Å²) in [5.41, 5.74) is 0.451. The molecule has 0 spiro atoms. The molecule has 0 unspecified atom stereocenters. The first-order chi connectivity index (χ1) is 10.9. The van der Waals surface area contributed by atoms with E-state index in [2.05, 4.69) is 20.2 Å². The van der Waals surface area contributed by atoms with E-state index in [9.17, 15) is 4.79 Å². The highest BCUT2D eigenvalue weighted by molar-refractivity contribution is 5.89. The Morgan fingerprint density at radius 2 is 2.09 bits per heavy atom. The Balaban J connectivity index is 1.69. The second-order valence-electron chi connectivity index (χ2n) is 6.79. The summed E-state index contributed by atoms with van der Waals surface area (Å²) in [7, 11) is 0. The smallest absolute Gasteiger partial charge is 0.407 e. The summed E-state index contributed by atoms with van der Waals surface area (Å²) in [6.45, 7) is 7.16. The second-order valence-corrected chi connectivity index (χ2v) is 6.79. The first-order valence-corrected chi connectivity index (χ1v) is 7.86. The van der Waals surface area contributed by atoms with Gasteiger partial charge >= 0.3 is 6.09 Å². The Hall–Kier alpha value is -2.37. The summed E-state index contributed by atoms with van der Waals surface area (Å²) in [5, 5.41) is 3.97. The molecule has 1 aliphatic heterocycles. The zero-order chi connectivity index (χ0) is 16.4. The molecule has 2 aromatic rings. The summed E-state index contributed by atoms with van der Waals surface area (Å²) in [6, 6.07) is 8.03. The topological polar surface area (TPSA) is 67.3 Å². The van der Waals surface area contributed by atoms with E-state index in [1.54, 1.807) is 6.33 Å². The van der Waals surface area contributed by atoms with Gasteiger partial charge in [0.25, 0.3) is 0 Å². The molecule has 1 saturated heterocycles. The maximum absolute atomic E-state index is 11.9. The van der Waals surface area contributed by atoms with Crippen molar-refractivity contribution in [3.63, 3.8) is 0 Å². The number of amides is 1. The maximum Gasteiger partial charge on any atom is 0.407 e. The van der Waals surface area contributed by atoms with Gasteiger partial charge in [0.05, 0.1) is 11.6 Å². The van der Waals surface area contributed by atoms with Crippen LogP contribution in [-0.2, 0) is 4.74 Å². The van der Waals surface area contributed by atoms with E-state index >= 15 is 0 Å². The molecule has 1 aliphatic rings. The molecular formula is C17H22N4O2. The maximum atomic E-state index is 11.9. The molecule has 3 rings (SSSR count). The average molecular weight is 314 g/mol. The Bertz CT molecular complexity index is 706. The van der Waals surface area contributed by atoms with E-state index < -0.39 is 5.60 Å². The van der Waals surface area contributed by atoms with Gasteiger partial charge in [-0.1, -0.05) is 12.1 Å². The van der Waals surface area contributed by atoms with Crippen LogP contribution in [0.5, 0.6) is 0 Å². The van der Waals surface area contributed by atoms with Gasteiger partial charge in [-0.05, 0) is 39.3 Å². The van der Waals surface area contributed by atoms with Gasteiger partial charge in [0.15, 0.2) is 0 Å². The lowest BCUT2D eigenvalue weighted by Crippen LogP contribution is -2.40. The van der Waals surface area contributed by atoms with Crippen molar-refractivity contribution in [3.05, 3.63) is 30.6 Å². The van der Waals surface area contributed by atoms with E-state index in [1.165, 1.54) is 0 Å². The number of anilines is 1. The number of aromatic nitrogens is 2. The predicted octanol–water partition coefficient (Wildman–Crippen LogP) is 2.73. The number of hydrogen-bond donors (Lipinski definition) is 1. The van der Waals surface area contributed by atoms with Crippen molar-refractivity contribution in [3.8, 4) is 0 Å². The number of rotatable bonds is 2. The second kappa shape index (κ2) is 6.02. The fraction of sp³-hybridized carbons (Fsp3) is 0.471. The molecule has 0 aliphatic carbocycles. The molecule has 0 saturated carbocycles. The van der Waals surface area contributed by atoms with E-state index in [0.29, 0.717) is 0 Å². The molecule has 6 nitrogen and oxygen atoms in total. The molecule has 1 N–H and O–H groups in total. The van der Waals surface area contributed by atoms with Gasteiger partial charge in [-0.25, -0.2) is 14.8 Å². The minimum absolute atomic E-state index is 0.0681. The minimum Gasteiger partial charge on any atom is -0.444 e. The number of alkyl carbamates (subject to hydrolysis) is 1. The number of para-hydroxylation sites is 1. The zero-order valence-corrected chi connectivity index (χ0v) is 13.7. The van der Waals surface area contributed by atoms with Gasteiger partial charge in [0.2, 0.25) is 0 Å². The molecule has 1 amide bonds. The lowest BCUT2D eigenvalue weighted by molar-refractivity contribution is 0.0509. The molecule has 1 fully saturated rings. The van der Waals surface area contributed by atoms with Crippen molar-refractivity contribution in [1.29, 1.82) is 0 Å². The van der Waals surface area contributed by atoms with Gasteiger partial charge in [0, 0.05) is 18.5 Å². The fourth-order valence-corrected chi connectivity index (χ4v) is 2.79. The molecule has 0 radical (unpaired) electrons. The van der Waals surface area contributed by atoms with Crippen LogP contribution in [0.4, 0.5) is 10.6 Å². The number of carbonyl (C=O) groups is 1. The van der Waals surface area contributed by atoms with Crippen molar-refractivity contribution in [2.45, 2.75) is 38.8 Å². The molecule has 23 heavy (non-hydrogen) atoms. The number of benzene rings is 1. The van der Waals surface area contributed by atoms with E-state index in [-0.39, 0.29) is 12.1 Å². The molecule has 2 heterocycles. The predicted molar refractivity (Wildman–Crippen MR) is 89.5 cm³/mol. The quantitative estimate of drug-likeness (QED) is 0.923. The zero-order valence-electron chi connectivity index (χ0n) is 13.7. The Morgan fingerprint density at radius 3 is 2.87 bits per heavy atom. The third-order valence-electron chi connectivity index (χ3n) is 3.73. The van der Waals surface area contributed by atoms with Gasteiger partial charge in [0.1, 0.15) is 17.7 Å². The lowest BCUT2D eigenvalue weighted by atomic mass is 10.2. The van der Waals surface area contributed by atoms with Crippen LogP contribution in [0.2, 0.25) is 0 Å². The Labute approximate surface area is 135 Å². The van der Waals surface area contributed by atoms with E-state index in [0.717, 1.165) is 36.2 Å². The molecule has 0 bridgehead atoms. The third kappa shape index (κ3) is 3.70. The largest absolute Gasteiger partial charge is 0.444 e. The molecule has 1 aromatic heterocycles. The van der Waals surface area contributed by atoms with Gasteiger partial charge in [-0.2, -0.15) is 0 Å². The van der Waals surface area contributed by atoms with Crippen LogP contribution in [0.1, 0.15) is 27.2 Å². The van der Waals surface area contributed by atoms with Crippen LogP contribution in [0.15, 0.2) is 30.6 Å². The number of carbonyl (C=O) groups excluding carboxylic acids is 1. The number of nitrogens with one attached hydrogen (secondary N) is 1. The van der Waals surface area contributed by atoms with Gasteiger partial charge in [-0.3, -0.25) is 0 Å². The van der Waals surface area contributed by atoms with Crippen LogP contribution < -0.4 is 10.2 Å². The standard InChI is InChI=1S/C17H22N4O2/c1-17(2,3)23-16(22)20-12-8-9-21(10-12)15-13-6-4-5-7-14(13)18-11-19-15/h4-7,11-12H,8-10H2,1-3H3,(H,20,22)/t12-/m0/s1. The number of hydrogen-bond acceptors (Lipinski definition) is 5. The normalized spacial score (nSPS) is 18.2. The SMILES string of the molecule is CC(C)(C)OC(=O)N[C@H]1CCN(c2ncnc3ccccc23)C1. The first-order valence-electron chi connectivity index (χ1n) is 7.86. The van der Waals surface area contributed by atoms with Gasteiger partial charge in [-0.15, -0.1) is 0 Å². The monoisotopic (exact) mass is 314 g/mol. The van der Waals surface area contributed by atoms with Crippen LogP contribution in [0.25, 0.3) is 10.9 Å². The van der Waals surface area contributed by atoms with Crippen LogP contribution in [0.3, 0.4) is 0 Å². The molecule has 6 heteroatoms. The van der Waals surface area contributed by atoms with Crippen molar-refractivity contribution >= 4 is 22.8 Å². The molecule has 1 atom stereocenters. The van der Waals surface area contributed by atoms with Crippen molar-refractivity contribution in [2.75, 3.05) is 18.0 Å². The minimum atomic E-state index is -0.481. The average Bonchev–Trinajstić information content (AvgIpc) is 2.92. The van der Waals surface area contributed by atoms with Crippen molar-refractivity contribution in [2.24, 2.45) is 0 Å². The molecule has 122 valence electrons. The fourth-order valence-electron chi connectivity index (χ4n) is 2.79. The number of ether oxygens (including phenoxy) is 1. The molecular weight excluding hydrogens is 292 g/mol. The summed E-state index contributed by atoms with van der Waals surface area (Å²) in [5.74, 6) is 0.920. The Morgan fingerprint density at radius 1 is 1.30 bits per heavy atom. The van der Waals surface area contributed by atoms with Gasteiger partial charge < -0.3 is 15.0 Å². The van der Waals surface area contributed by atoms with Crippen molar-refractivity contribution in [1.82, 2.24) is 15.3 Å². The summed E-state index contributed by atoms with van der Waals surface area (Å²) >= 11 is 0. The first kappa shape index (κ1) is 15.5. The highest BCUT2D eigenvalue weighted by Crippen LogP contribution is 2.25. The summed E-state index contributed by atoms with van der Waals surface area (Å²) in [6.07, 6.45) is 2.10. The molecule has 1 aromatic carbocycles. The summed E-state index contributed by atoms with van der Waals surface area (Å²) in [4.78, 5) is 22.8. The van der Waals surface area contributed by atoms with Crippen molar-refractivity contribution < 1.29 is 9.53 Å². The Kier molecular flexibility index (Phi) is 4.07. The van der Waals surface area contributed by atoms with E-state index in [1.807, 2.05) is 45.0 Å². The third-order valence-corrected chi connectivity index (χ3v) is 3.73. The number of nitrogens with zero attached hydrogens (tertiary/aromatic N) is 3. The summed E-state index contributed by atoms with van der Waals surface area (Å²) < 4.78 is 5.32.